The van der Waals surface area contributed by atoms with Gasteiger partial charge in [-0.2, -0.15) is 0 Å². The number of ether oxygens (including phenoxy) is 1. The molecule has 27 heavy (non-hydrogen) atoms. The number of nitrogens with zero attached hydrogens (tertiary/aromatic N) is 1. The third kappa shape index (κ3) is 4.51. The van der Waals surface area contributed by atoms with Gasteiger partial charge in [-0.3, -0.25) is 14.5 Å². The van der Waals surface area contributed by atoms with Crippen LogP contribution in [-0.2, 0) is 11.4 Å². The van der Waals surface area contributed by atoms with Crippen LogP contribution in [0.4, 0.5) is 4.79 Å². The summed E-state index contributed by atoms with van der Waals surface area (Å²) in [6.07, 6.45) is 1.69. The number of imide groups is 1. The first-order valence-electron chi connectivity index (χ1n) is 7.81. The molecular weight excluding hydrogens is 481 g/mol. The summed E-state index contributed by atoms with van der Waals surface area (Å²) >= 11 is 3.06. The van der Waals surface area contributed by atoms with Gasteiger partial charge in [-0.1, -0.05) is 18.2 Å². The van der Waals surface area contributed by atoms with Crippen LogP contribution >= 0.6 is 34.4 Å². The van der Waals surface area contributed by atoms with Crippen molar-refractivity contribution in [2.45, 2.75) is 6.61 Å². The zero-order valence-corrected chi connectivity index (χ0v) is 17.1. The average molecular weight is 495 g/mol. The van der Waals surface area contributed by atoms with Crippen molar-refractivity contribution in [1.82, 2.24) is 4.90 Å². The zero-order chi connectivity index (χ0) is 19.6. The monoisotopic (exact) mass is 495 g/mol. The maximum absolute atomic E-state index is 12.0. The normalized spacial score (nSPS) is 15.5. The highest BCUT2D eigenvalue weighted by Crippen LogP contribution is 2.32. The van der Waals surface area contributed by atoms with Gasteiger partial charge in [0.15, 0.2) is 0 Å². The van der Waals surface area contributed by atoms with Crippen molar-refractivity contribution in [3.8, 4) is 5.75 Å². The molecule has 2 aromatic rings. The number of carbonyl (C=O) groups excluding carboxylic acids is 2. The molecule has 138 valence electrons. The number of amides is 2. The van der Waals surface area contributed by atoms with Crippen LogP contribution in [0.5, 0.6) is 5.75 Å². The van der Waals surface area contributed by atoms with E-state index < -0.39 is 5.97 Å². The number of carboxylic acid groups (broad SMARTS) is 1. The first kappa shape index (κ1) is 19.4. The minimum absolute atomic E-state index is 0.231. The lowest BCUT2D eigenvalue weighted by Crippen LogP contribution is -2.22. The van der Waals surface area contributed by atoms with Gasteiger partial charge >= 0.3 is 5.97 Å². The number of hydrogen-bond acceptors (Lipinski definition) is 5. The van der Waals surface area contributed by atoms with E-state index in [2.05, 4.69) is 22.6 Å². The van der Waals surface area contributed by atoms with E-state index in [0.717, 1.165) is 31.4 Å². The molecule has 2 aromatic carbocycles. The van der Waals surface area contributed by atoms with E-state index in [9.17, 15) is 14.4 Å². The second kappa shape index (κ2) is 8.13. The molecule has 8 heteroatoms. The Bertz CT molecular complexity index is 955. The lowest BCUT2D eigenvalue weighted by Gasteiger charge is -2.09. The van der Waals surface area contributed by atoms with Crippen molar-refractivity contribution in [3.05, 3.63) is 67.6 Å². The molecule has 1 heterocycles. The molecule has 0 bridgehead atoms. The lowest BCUT2D eigenvalue weighted by atomic mass is 10.1. The highest BCUT2D eigenvalue weighted by atomic mass is 127. The Balaban J connectivity index is 1.69. The topological polar surface area (TPSA) is 83.9 Å². The first-order valence-corrected chi connectivity index (χ1v) is 9.71. The third-order valence-corrected chi connectivity index (χ3v) is 5.64. The van der Waals surface area contributed by atoms with Crippen LogP contribution in [0.25, 0.3) is 6.08 Å². The molecule has 0 unspecified atom stereocenters. The predicted octanol–water partition coefficient (Wildman–Crippen LogP) is 4.23. The van der Waals surface area contributed by atoms with Crippen LogP contribution in [0.2, 0.25) is 0 Å². The molecule has 1 N–H and O–H groups in total. The molecule has 1 fully saturated rings. The Hall–Kier alpha value is -2.33. The average Bonchev–Trinajstić information content (AvgIpc) is 2.88. The summed E-state index contributed by atoms with van der Waals surface area (Å²) < 4.78 is 6.65. The highest BCUT2D eigenvalue weighted by Gasteiger charge is 2.31. The molecular formula is C19H14INO5S. The smallest absolute Gasteiger partial charge is 0.335 e. The maximum atomic E-state index is 12.0. The van der Waals surface area contributed by atoms with Gasteiger partial charge in [0.05, 0.1) is 14.0 Å². The number of carboxylic acids is 1. The van der Waals surface area contributed by atoms with Gasteiger partial charge in [0.1, 0.15) is 12.4 Å². The van der Waals surface area contributed by atoms with Crippen molar-refractivity contribution >= 4 is 57.5 Å². The summed E-state index contributed by atoms with van der Waals surface area (Å²) in [4.78, 5) is 35.9. The Kier molecular flexibility index (Phi) is 5.85. The fourth-order valence-corrected chi connectivity index (χ4v) is 3.85. The SMILES string of the molecule is CN1C(=O)S/C(=C/c2ccc(OCc3ccc(C(=O)O)cc3)c(I)c2)C1=O. The molecule has 3 rings (SSSR count). The summed E-state index contributed by atoms with van der Waals surface area (Å²) in [5, 5.41) is 8.63. The number of halogens is 1. The minimum Gasteiger partial charge on any atom is -0.488 e. The molecule has 6 nitrogen and oxygen atoms in total. The molecule has 0 atom stereocenters. The fourth-order valence-electron chi connectivity index (χ4n) is 2.33. The summed E-state index contributed by atoms with van der Waals surface area (Å²) in [6, 6.07) is 12.0. The molecule has 1 saturated heterocycles. The predicted molar refractivity (Wildman–Crippen MR) is 111 cm³/mol. The first-order chi connectivity index (χ1) is 12.8. The number of aromatic carboxylic acids is 1. The van der Waals surface area contributed by atoms with Crippen molar-refractivity contribution in [1.29, 1.82) is 0 Å². The minimum atomic E-state index is -0.964. The van der Waals surface area contributed by atoms with E-state index in [1.54, 1.807) is 24.3 Å². The van der Waals surface area contributed by atoms with Crippen LogP contribution < -0.4 is 4.74 Å². The Morgan fingerprint density at radius 3 is 2.48 bits per heavy atom. The largest absolute Gasteiger partial charge is 0.488 e. The van der Waals surface area contributed by atoms with Crippen molar-refractivity contribution in [3.63, 3.8) is 0 Å². The van der Waals surface area contributed by atoms with Crippen molar-refractivity contribution in [2.75, 3.05) is 7.05 Å². The van der Waals surface area contributed by atoms with Crippen LogP contribution in [0.15, 0.2) is 47.4 Å². The van der Waals surface area contributed by atoms with Crippen LogP contribution in [0, 0.1) is 3.57 Å². The molecule has 0 aliphatic carbocycles. The molecule has 0 saturated carbocycles. The van der Waals surface area contributed by atoms with Crippen LogP contribution in [-0.4, -0.2) is 34.2 Å². The molecule has 1 aliphatic heterocycles. The van der Waals surface area contributed by atoms with E-state index in [-0.39, 0.29) is 16.7 Å². The van der Waals surface area contributed by atoms with E-state index in [1.807, 2.05) is 12.1 Å². The van der Waals surface area contributed by atoms with Crippen molar-refractivity contribution < 1.29 is 24.2 Å². The van der Waals surface area contributed by atoms with E-state index in [1.165, 1.54) is 19.2 Å². The molecule has 0 aromatic heterocycles. The number of rotatable bonds is 5. The molecule has 0 radical (unpaired) electrons. The number of hydrogen-bond donors (Lipinski definition) is 1. The van der Waals surface area contributed by atoms with Gasteiger partial charge in [0.2, 0.25) is 0 Å². The van der Waals surface area contributed by atoms with E-state index >= 15 is 0 Å². The van der Waals surface area contributed by atoms with Gasteiger partial charge in [-0.05, 0) is 75.8 Å². The number of carbonyl (C=O) groups is 3. The van der Waals surface area contributed by atoms with Gasteiger partial charge in [-0.15, -0.1) is 0 Å². The zero-order valence-electron chi connectivity index (χ0n) is 14.1. The van der Waals surface area contributed by atoms with Gasteiger partial charge in [0.25, 0.3) is 11.1 Å². The number of likely N-dealkylation sites (N-methyl/N-ethyl adjacent to an activating group) is 1. The summed E-state index contributed by atoms with van der Waals surface area (Å²) in [5.74, 6) is -0.586. The van der Waals surface area contributed by atoms with Crippen LogP contribution in [0.3, 0.4) is 0 Å². The molecule has 0 spiro atoms. The molecule has 1 aliphatic rings. The summed E-state index contributed by atoms with van der Waals surface area (Å²) in [7, 11) is 1.46. The van der Waals surface area contributed by atoms with E-state index in [4.69, 9.17) is 9.84 Å². The lowest BCUT2D eigenvalue weighted by molar-refractivity contribution is -0.121. The standard InChI is InChI=1S/C19H14INO5S/c1-21-17(22)16(27-19(21)25)9-12-4-7-15(14(20)8-12)26-10-11-2-5-13(6-3-11)18(23)24/h2-9H,10H2,1H3,(H,23,24)/b16-9+. The Morgan fingerprint density at radius 1 is 1.22 bits per heavy atom. The fraction of sp³-hybridized carbons (Fsp3) is 0.105. The Labute approximate surface area is 173 Å². The van der Waals surface area contributed by atoms with E-state index in [0.29, 0.717) is 17.3 Å². The van der Waals surface area contributed by atoms with Crippen molar-refractivity contribution in [2.24, 2.45) is 0 Å². The van der Waals surface area contributed by atoms with Gasteiger partial charge in [0, 0.05) is 7.05 Å². The number of benzene rings is 2. The van der Waals surface area contributed by atoms with Crippen LogP contribution in [0.1, 0.15) is 21.5 Å². The van der Waals surface area contributed by atoms with Gasteiger partial charge in [-0.25, -0.2) is 4.79 Å². The third-order valence-electron chi connectivity index (χ3n) is 3.84. The number of thioether (sulfide) groups is 1. The maximum Gasteiger partial charge on any atom is 0.335 e. The highest BCUT2D eigenvalue weighted by molar-refractivity contribution is 14.1. The van der Waals surface area contributed by atoms with Gasteiger partial charge < -0.3 is 9.84 Å². The quantitative estimate of drug-likeness (QED) is 0.494. The Morgan fingerprint density at radius 2 is 1.93 bits per heavy atom. The molecule has 2 amide bonds. The second-order valence-electron chi connectivity index (χ2n) is 5.72. The summed E-state index contributed by atoms with van der Waals surface area (Å²) in [6.45, 7) is 0.309. The summed E-state index contributed by atoms with van der Waals surface area (Å²) in [5.41, 5.74) is 1.89. The second-order valence-corrected chi connectivity index (χ2v) is 7.88.